The maximum Gasteiger partial charge on any atom is 0.494 e. The Morgan fingerprint density at radius 3 is 2.48 bits per heavy atom. The van der Waals surface area contributed by atoms with E-state index in [0.29, 0.717) is 18.7 Å². The van der Waals surface area contributed by atoms with E-state index >= 15 is 0 Å². The van der Waals surface area contributed by atoms with Gasteiger partial charge in [-0.15, -0.1) is 0 Å². The molecule has 0 amide bonds. The molecule has 3 rings (SSSR count). The van der Waals surface area contributed by atoms with Crippen LogP contribution in [0.2, 0.25) is 0 Å². The van der Waals surface area contributed by atoms with Gasteiger partial charge in [-0.05, 0) is 64.2 Å². The number of fused-ring (bicyclic) bond motifs is 1. The van der Waals surface area contributed by atoms with Gasteiger partial charge >= 0.3 is 13.1 Å². The summed E-state index contributed by atoms with van der Waals surface area (Å²) in [6.45, 7) is 10.3. The average Bonchev–Trinajstić information content (AvgIpc) is 2.76. The first-order chi connectivity index (χ1) is 11.7. The Labute approximate surface area is 150 Å². The van der Waals surface area contributed by atoms with Crippen LogP contribution in [0.3, 0.4) is 0 Å². The first-order valence-electron chi connectivity index (χ1n) is 8.76. The first-order valence-corrected chi connectivity index (χ1v) is 8.76. The van der Waals surface area contributed by atoms with Gasteiger partial charge in [-0.1, -0.05) is 12.1 Å². The molecule has 5 nitrogen and oxygen atoms in total. The third-order valence-electron chi connectivity index (χ3n) is 5.36. The normalized spacial score (nSPS) is 21.0. The minimum absolute atomic E-state index is 0.295. The molecule has 0 spiro atoms. The van der Waals surface area contributed by atoms with Crippen LogP contribution in [0.5, 0.6) is 0 Å². The second kappa shape index (κ2) is 6.18. The highest BCUT2D eigenvalue weighted by molar-refractivity contribution is 6.62. The lowest BCUT2D eigenvalue weighted by Crippen LogP contribution is -2.41. The van der Waals surface area contributed by atoms with Crippen molar-refractivity contribution in [1.29, 1.82) is 0 Å². The van der Waals surface area contributed by atoms with Gasteiger partial charge in [0.2, 0.25) is 0 Å². The van der Waals surface area contributed by atoms with E-state index in [4.69, 9.17) is 14.0 Å². The van der Waals surface area contributed by atoms with Gasteiger partial charge in [0.05, 0.1) is 17.8 Å². The van der Waals surface area contributed by atoms with Gasteiger partial charge < -0.3 is 18.9 Å². The van der Waals surface area contributed by atoms with Gasteiger partial charge in [-0.3, -0.25) is 0 Å². The predicted molar refractivity (Wildman–Crippen MR) is 99.0 cm³/mol. The van der Waals surface area contributed by atoms with E-state index in [9.17, 15) is 4.79 Å². The van der Waals surface area contributed by atoms with Crippen molar-refractivity contribution in [3.63, 3.8) is 0 Å². The highest BCUT2D eigenvalue weighted by atomic mass is 16.7. The summed E-state index contributed by atoms with van der Waals surface area (Å²) in [5, 5.41) is 0. The molecule has 0 aliphatic carbocycles. The maximum absolute atomic E-state index is 12.1. The summed E-state index contributed by atoms with van der Waals surface area (Å²) in [5.41, 5.74) is 2.91. The fraction of sp³-hybridized carbons (Fsp3) is 0.526. The van der Waals surface area contributed by atoms with E-state index in [2.05, 4.69) is 6.07 Å². The van der Waals surface area contributed by atoms with E-state index in [1.54, 1.807) is 0 Å². The summed E-state index contributed by atoms with van der Waals surface area (Å²) in [6.07, 6.45) is 2.62. The Morgan fingerprint density at radius 2 is 1.88 bits per heavy atom. The number of esters is 1. The van der Waals surface area contributed by atoms with Gasteiger partial charge in [-0.2, -0.15) is 0 Å². The molecule has 2 aliphatic rings. The molecule has 0 radical (unpaired) electrons. The zero-order valence-electron chi connectivity index (χ0n) is 15.9. The number of nitrogens with zero attached hydrogens (tertiary/aromatic N) is 1. The molecule has 0 N–H and O–H groups in total. The van der Waals surface area contributed by atoms with Crippen LogP contribution in [-0.4, -0.2) is 37.9 Å². The van der Waals surface area contributed by atoms with Crippen LogP contribution in [0.4, 0.5) is 5.69 Å². The number of benzene rings is 1. The molecule has 1 aromatic rings. The molecule has 2 aliphatic heterocycles. The number of likely N-dealkylation sites (N-methyl/N-ethyl adjacent to an activating group) is 1. The van der Waals surface area contributed by atoms with Gasteiger partial charge in [0.15, 0.2) is 0 Å². The number of anilines is 1. The highest BCUT2D eigenvalue weighted by Crippen LogP contribution is 2.37. The lowest BCUT2D eigenvalue weighted by Gasteiger charge is -2.32. The number of carbonyl (C=O) groups excluding carboxylic acids is 1. The monoisotopic (exact) mass is 343 g/mol. The number of hydrogen-bond acceptors (Lipinski definition) is 5. The van der Waals surface area contributed by atoms with E-state index in [-0.39, 0.29) is 17.2 Å². The molecule has 0 saturated carbocycles. The predicted octanol–water partition coefficient (Wildman–Crippen LogP) is 2.43. The second-order valence-electron chi connectivity index (χ2n) is 7.55. The molecule has 134 valence electrons. The second-order valence-corrected chi connectivity index (χ2v) is 7.55. The van der Waals surface area contributed by atoms with Crippen LogP contribution in [0, 0.1) is 0 Å². The van der Waals surface area contributed by atoms with Crippen LogP contribution in [0.25, 0.3) is 0 Å². The quantitative estimate of drug-likeness (QED) is 0.623. The molecule has 0 atom stereocenters. The fourth-order valence-corrected chi connectivity index (χ4v) is 3.09. The average molecular weight is 343 g/mol. The third kappa shape index (κ3) is 3.09. The van der Waals surface area contributed by atoms with Crippen molar-refractivity contribution in [2.45, 2.75) is 52.2 Å². The molecular formula is C19H26BNO4. The van der Waals surface area contributed by atoms with Crippen molar-refractivity contribution in [3.8, 4) is 0 Å². The van der Waals surface area contributed by atoms with Gasteiger partial charge in [0.1, 0.15) is 5.70 Å². The van der Waals surface area contributed by atoms with Crippen LogP contribution in [0.1, 0.15) is 40.2 Å². The largest absolute Gasteiger partial charge is 0.494 e. The molecule has 25 heavy (non-hydrogen) atoms. The van der Waals surface area contributed by atoms with E-state index in [0.717, 1.165) is 16.7 Å². The standard InChI is InChI=1S/C19H26BNO4/c1-7-23-17(22)15-11-9-13-8-10-14(12-16(13)21(15)6)20-24-18(2,3)19(4,5)25-20/h8,10-12H,7,9H2,1-6H3. The van der Waals surface area contributed by atoms with Crippen molar-refractivity contribution < 1.29 is 18.8 Å². The third-order valence-corrected chi connectivity index (χ3v) is 5.36. The molecular weight excluding hydrogens is 317 g/mol. The number of ether oxygens (including phenoxy) is 1. The molecule has 0 unspecified atom stereocenters. The SMILES string of the molecule is CCOC(=O)C1=CCc2ccc(B3OC(C)(C)C(C)(C)O3)cc2N1C. The number of allylic oxidation sites excluding steroid dienone is 1. The van der Waals surface area contributed by atoms with Crippen molar-refractivity contribution in [2.75, 3.05) is 18.6 Å². The van der Waals surface area contributed by atoms with Crippen LogP contribution in [-0.2, 0) is 25.3 Å². The van der Waals surface area contributed by atoms with Crippen LogP contribution >= 0.6 is 0 Å². The minimum atomic E-state index is -0.416. The van der Waals surface area contributed by atoms with Gasteiger partial charge in [0, 0.05) is 12.7 Å². The van der Waals surface area contributed by atoms with E-state index in [1.165, 1.54) is 0 Å². The number of hydrogen-bond donors (Lipinski definition) is 0. The highest BCUT2D eigenvalue weighted by Gasteiger charge is 2.51. The maximum atomic E-state index is 12.1. The summed E-state index contributed by atoms with van der Waals surface area (Å²) in [4.78, 5) is 14.0. The lowest BCUT2D eigenvalue weighted by molar-refractivity contribution is -0.138. The fourth-order valence-electron chi connectivity index (χ4n) is 3.09. The molecule has 2 heterocycles. The van der Waals surface area contributed by atoms with Gasteiger partial charge in [-0.25, -0.2) is 4.79 Å². The Hall–Kier alpha value is -1.79. The van der Waals surface area contributed by atoms with Gasteiger partial charge in [0.25, 0.3) is 0 Å². The van der Waals surface area contributed by atoms with Crippen molar-refractivity contribution in [2.24, 2.45) is 0 Å². The summed E-state index contributed by atoms with van der Waals surface area (Å²) in [5.74, 6) is -0.295. The lowest BCUT2D eigenvalue weighted by atomic mass is 9.78. The number of rotatable bonds is 3. The molecule has 0 bridgehead atoms. The minimum Gasteiger partial charge on any atom is -0.461 e. The van der Waals surface area contributed by atoms with Crippen LogP contribution in [0.15, 0.2) is 30.0 Å². The molecule has 1 saturated heterocycles. The summed E-state index contributed by atoms with van der Waals surface area (Å²) in [7, 11) is 1.47. The summed E-state index contributed by atoms with van der Waals surface area (Å²) in [6, 6.07) is 6.16. The van der Waals surface area contributed by atoms with Crippen LogP contribution < -0.4 is 10.4 Å². The van der Waals surface area contributed by atoms with Crippen molar-refractivity contribution >= 4 is 24.2 Å². The Bertz CT molecular complexity index is 710. The van der Waals surface area contributed by atoms with Crippen molar-refractivity contribution in [1.82, 2.24) is 0 Å². The Kier molecular flexibility index (Phi) is 4.46. The molecule has 1 aromatic carbocycles. The zero-order chi connectivity index (χ0) is 18.4. The Morgan fingerprint density at radius 1 is 1.24 bits per heavy atom. The molecule has 6 heteroatoms. The Balaban J connectivity index is 1.88. The smallest absolute Gasteiger partial charge is 0.461 e. The number of carbonyl (C=O) groups is 1. The van der Waals surface area contributed by atoms with E-state index in [1.807, 2.05) is 64.8 Å². The topological polar surface area (TPSA) is 48.0 Å². The molecule has 1 fully saturated rings. The zero-order valence-corrected chi connectivity index (χ0v) is 15.9. The summed E-state index contributed by atoms with van der Waals surface area (Å²) < 4.78 is 17.4. The van der Waals surface area contributed by atoms with E-state index < -0.39 is 7.12 Å². The van der Waals surface area contributed by atoms with Crippen molar-refractivity contribution in [3.05, 3.63) is 35.5 Å². The molecule has 0 aromatic heterocycles. The summed E-state index contributed by atoms with van der Waals surface area (Å²) >= 11 is 0. The first kappa shape index (κ1) is 18.0.